The van der Waals surface area contributed by atoms with Crippen molar-refractivity contribution in [3.63, 3.8) is 0 Å². The topological polar surface area (TPSA) is 0 Å². The summed E-state index contributed by atoms with van der Waals surface area (Å²) in [7, 11) is 0. The second-order valence-corrected chi connectivity index (χ2v) is 8.30. The molecule has 0 spiro atoms. The Labute approximate surface area is 110 Å². The predicted octanol–water partition coefficient (Wildman–Crippen LogP) is 5.11. The molecule has 17 heavy (non-hydrogen) atoms. The molecule has 1 heteroatoms. The van der Waals surface area contributed by atoms with E-state index in [0.717, 1.165) is 0 Å². The SMILES string of the molecule is CCC(C)(C)Sc1cc2c(cc1C)C(C)(C)C2. The molecule has 0 aliphatic heterocycles. The Hall–Kier alpha value is -0.430. The molecule has 0 unspecified atom stereocenters. The lowest BCUT2D eigenvalue weighted by molar-refractivity contribution is 0.453. The summed E-state index contributed by atoms with van der Waals surface area (Å²) < 4.78 is 0.345. The third-order valence-corrected chi connectivity index (χ3v) is 5.50. The monoisotopic (exact) mass is 248 g/mol. The van der Waals surface area contributed by atoms with Crippen LogP contribution >= 0.6 is 11.8 Å². The number of fused-ring (bicyclic) bond motifs is 1. The van der Waals surface area contributed by atoms with Gasteiger partial charge in [0.05, 0.1) is 0 Å². The van der Waals surface area contributed by atoms with E-state index in [-0.39, 0.29) is 0 Å². The van der Waals surface area contributed by atoms with Gasteiger partial charge in [-0.15, -0.1) is 11.8 Å². The van der Waals surface area contributed by atoms with Crippen LogP contribution in [-0.2, 0) is 11.8 Å². The predicted molar refractivity (Wildman–Crippen MR) is 78.1 cm³/mol. The van der Waals surface area contributed by atoms with Crippen LogP contribution in [0, 0.1) is 6.92 Å². The van der Waals surface area contributed by atoms with Crippen LogP contribution in [0.2, 0.25) is 0 Å². The van der Waals surface area contributed by atoms with Gasteiger partial charge in [-0.2, -0.15) is 0 Å². The van der Waals surface area contributed by atoms with Gasteiger partial charge in [-0.25, -0.2) is 0 Å². The van der Waals surface area contributed by atoms with Gasteiger partial charge in [0, 0.05) is 9.64 Å². The first-order valence-electron chi connectivity index (χ1n) is 6.58. The van der Waals surface area contributed by atoms with Crippen LogP contribution in [0.15, 0.2) is 17.0 Å². The van der Waals surface area contributed by atoms with Crippen LogP contribution in [0.3, 0.4) is 0 Å². The highest BCUT2D eigenvalue weighted by Crippen LogP contribution is 2.45. The first-order valence-corrected chi connectivity index (χ1v) is 7.40. The molecule has 2 rings (SSSR count). The van der Waals surface area contributed by atoms with E-state index in [1.54, 1.807) is 11.1 Å². The molecule has 1 aliphatic carbocycles. The van der Waals surface area contributed by atoms with Gasteiger partial charge in [-0.05, 0) is 47.9 Å². The van der Waals surface area contributed by atoms with Gasteiger partial charge in [0.25, 0.3) is 0 Å². The molecule has 0 bridgehead atoms. The molecule has 0 heterocycles. The van der Waals surface area contributed by atoms with Gasteiger partial charge in [-0.3, -0.25) is 0 Å². The maximum Gasteiger partial charge on any atom is 0.0148 e. The van der Waals surface area contributed by atoms with Crippen molar-refractivity contribution in [2.75, 3.05) is 0 Å². The van der Waals surface area contributed by atoms with Crippen molar-refractivity contribution < 1.29 is 0 Å². The summed E-state index contributed by atoms with van der Waals surface area (Å²) in [5.41, 5.74) is 4.98. The molecule has 0 radical (unpaired) electrons. The van der Waals surface area contributed by atoms with Crippen molar-refractivity contribution in [1.82, 2.24) is 0 Å². The molecule has 1 aromatic rings. The summed E-state index contributed by atoms with van der Waals surface area (Å²) in [6.07, 6.45) is 2.45. The second kappa shape index (κ2) is 4.05. The first-order chi connectivity index (χ1) is 7.75. The molecule has 1 aromatic carbocycles. The summed E-state index contributed by atoms with van der Waals surface area (Å²) in [5, 5.41) is 0. The minimum absolute atomic E-state index is 0.345. The van der Waals surface area contributed by atoms with Crippen molar-refractivity contribution in [3.8, 4) is 0 Å². The number of aryl methyl sites for hydroxylation is 1. The fourth-order valence-corrected chi connectivity index (χ4v) is 3.61. The Morgan fingerprint density at radius 3 is 2.47 bits per heavy atom. The van der Waals surface area contributed by atoms with E-state index >= 15 is 0 Å². The van der Waals surface area contributed by atoms with Crippen molar-refractivity contribution in [2.45, 2.75) is 69.4 Å². The van der Waals surface area contributed by atoms with Crippen molar-refractivity contribution in [2.24, 2.45) is 0 Å². The Balaban J connectivity index is 2.30. The van der Waals surface area contributed by atoms with Crippen LogP contribution in [0.5, 0.6) is 0 Å². The van der Waals surface area contributed by atoms with Gasteiger partial charge in [0.2, 0.25) is 0 Å². The van der Waals surface area contributed by atoms with E-state index < -0.39 is 0 Å². The summed E-state index contributed by atoms with van der Waals surface area (Å²) in [4.78, 5) is 1.48. The van der Waals surface area contributed by atoms with Crippen molar-refractivity contribution >= 4 is 11.8 Å². The highest BCUT2D eigenvalue weighted by atomic mass is 32.2. The number of thioether (sulfide) groups is 1. The molecule has 1 aliphatic rings. The zero-order valence-electron chi connectivity index (χ0n) is 12.0. The average Bonchev–Trinajstić information content (AvgIpc) is 2.22. The van der Waals surface area contributed by atoms with E-state index in [4.69, 9.17) is 0 Å². The van der Waals surface area contributed by atoms with Gasteiger partial charge in [0.15, 0.2) is 0 Å². The average molecular weight is 248 g/mol. The minimum Gasteiger partial charge on any atom is -0.120 e. The Kier molecular flexibility index (Phi) is 3.10. The lowest BCUT2D eigenvalue weighted by Gasteiger charge is -2.39. The maximum atomic E-state index is 2.43. The van der Waals surface area contributed by atoms with Crippen molar-refractivity contribution in [3.05, 3.63) is 28.8 Å². The first kappa shape index (κ1) is 13.0. The Morgan fingerprint density at radius 2 is 1.94 bits per heavy atom. The van der Waals surface area contributed by atoms with Crippen LogP contribution in [0.25, 0.3) is 0 Å². The lowest BCUT2D eigenvalue weighted by atomic mass is 9.66. The van der Waals surface area contributed by atoms with Crippen LogP contribution in [0.4, 0.5) is 0 Å². The molecule has 0 atom stereocenters. The van der Waals surface area contributed by atoms with Gasteiger partial charge in [-0.1, -0.05) is 40.7 Å². The summed E-state index contributed by atoms with van der Waals surface area (Å²) in [6, 6.07) is 4.84. The molecular formula is C16H24S. The summed E-state index contributed by atoms with van der Waals surface area (Å²) >= 11 is 2.03. The number of rotatable bonds is 3. The molecule has 0 amide bonds. The van der Waals surface area contributed by atoms with Gasteiger partial charge in [0.1, 0.15) is 0 Å². The van der Waals surface area contributed by atoms with Crippen LogP contribution < -0.4 is 0 Å². The van der Waals surface area contributed by atoms with Gasteiger partial charge < -0.3 is 0 Å². The van der Waals surface area contributed by atoms with E-state index in [0.29, 0.717) is 10.2 Å². The largest absolute Gasteiger partial charge is 0.120 e. The molecule has 94 valence electrons. The van der Waals surface area contributed by atoms with Crippen LogP contribution in [-0.4, -0.2) is 4.75 Å². The number of hydrogen-bond acceptors (Lipinski definition) is 1. The lowest BCUT2D eigenvalue weighted by Crippen LogP contribution is -2.32. The minimum atomic E-state index is 0.345. The number of benzene rings is 1. The van der Waals surface area contributed by atoms with E-state index in [9.17, 15) is 0 Å². The van der Waals surface area contributed by atoms with E-state index in [1.807, 2.05) is 11.8 Å². The smallest absolute Gasteiger partial charge is 0.0148 e. The molecule has 0 saturated heterocycles. The molecule has 0 N–H and O–H groups in total. The van der Waals surface area contributed by atoms with Gasteiger partial charge >= 0.3 is 0 Å². The highest BCUT2D eigenvalue weighted by molar-refractivity contribution is 8.00. The fourth-order valence-electron chi connectivity index (χ4n) is 2.45. The van der Waals surface area contributed by atoms with E-state index in [2.05, 4.69) is 53.7 Å². The molecule has 0 fully saturated rings. The quantitative estimate of drug-likeness (QED) is 0.670. The second-order valence-electron chi connectivity index (χ2n) is 6.55. The zero-order chi connectivity index (χ0) is 12.8. The highest BCUT2D eigenvalue weighted by Gasteiger charge is 2.34. The maximum absolute atomic E-state index is 2.43. The van der Waals surface area contributed by atoms with Crippen molar-refractivity contribution in [1.29, 1.82) is 0 Å². The summed E-state index contributed by atoms with van der Waals surface area (Å²) in [6.45, 7) is 13.9. The molecule has 0 saturated carbocycles. The third kappa shape index (κ3) is 2.40. The van der Waals surface area contributed by atoms with E-state index in [1.165, 1.54) is 23.3 Å². The third-order valence-electron chi connectivity index (χ3n) is 4.00. The summed E-state index contributed by atoms with van der Waals surface area (Å²) in [5.74, 6) is 0. The Bertz CT molecular complexity index is 441. The molecule has 0 nitrogen and oxygen atoms in total. The Morgan fingerprint density at radius 1 is 1.29 bits per heavy atom. The molecular weight excluding hydrogens is 224 g/mol. The fraction of sp³-hybridized carbons (Fsp3) is 0.625. The number of hydrogen-bond donors (Lipinski definition) is 0. The zero-order valence-corrected chi connectivity index (χ0v) is 12.8. The van der Waals surface area contributed by atoms with Crippen LogP contribution in [0.1, 0.15) is 57.7 Å². The molecule has 0 aromatic heterocycles. The normalized spacial score (nSPS) is 17.5. The standard InChI is InChI=1S/C16H24S/c1-7-16(5,6)17-14-9-12-10-15(3,4)13(12)8-11(14)2/h8-9H,7,10H2,1-6H3.